The number of hydrogen-bond acceptors (Lipinski definition) is 2. The van der Waals surface area contributed by atoms with Crippen LogP contribution in [-0.4, -0.2) is 21.8 Å². The molecule has 0 unspecified atom stereocenters. The van der Waals surface area contributed by atoms with Crippen LogP contribution in [0.4, 0.5) is 0 Å². The van der Waals surface area contributed by atoms with Crippen molar-refractivity contribution in [3.63, 3.8) is 0 Å². The summed E-state index contributed by atoms with van der Waals surface area (Å²) in [6.07, 6.45) is 0. The Hall–Kier alpha value is 0.439. The summed E-state index contributed by atoms with van der Waals surface area (Å²) in [4.78, 5) is 0. The fourth-order valence-corrected chi connectivity index (χ4v) is 1.08. The molecule has 1 fully saturated rings. The van der Waals surface area contributed by atoms with Crippen molar-refractivity contribution in [2.75, 3.05) is 6.54 Å². The second kappa shape index (κ2) is 1.78. The van der Waals surface area contributed by atoms with Crippen LogP contribution >= 0.6 is 0 Å². The molecule has 0 aromatic carbocycles. The monoisotopic (exact) mass is 139 g/mol. The maximum atomic E-state index is 4.76. The predicted octanol–water partition coefficient (Wildman–Crippen LogP) is -0.441. The van der Waals surface area contributed by atoms with Gasteiger partial charge >= 0.3 is 36.6 Å². The molecule has 0 amide bonds. The molecule has 0 spiro atoms. The molecule has 0 aliphatic carbocycles. The van der Waals surface area contributed by atoms with E-state index in [0.717, 1.165) is 6.54 Å². The Morgan fingerprint density at radius 1 is 1.80 bits per heavy atom. The second-order valence-electron chi connectivity index (χ2n) is 0.800. The number of hydroxylamine groups is 1. The van der Waals surface area contributed by atoms with Gasteiger partial charge in [-0.3, -0.25) is 0 Å². The van der Waals surface area contributed by atoms with Gasteiger partial charge in [-0.25, -0.2) is 0 Å². The van der Waals surface area contributed by atoms with Crippen LogP contribution in [0.2, 0.25) is 5.32 Å². The van der Waals surface area contributed by atoms with Gasteiger partial charge in [-0.2, -0.15) is 0 Å². The number of hydrogen-bond donors (Lipinski definition) is 1. The van der Waals surface area contributed by atoms with Crippen molar-refractivity contribution < 1.29 is 3.92 Å². The molecule has 1 aliphatic heterocycles. The summed E-state index contributed by atoms with van der Waals surface area (Å²) in [5.41, 5.74) is 2.75. The molecular formula is C2H5NOSe. The zero-order valence-corrected chi connectivity index (χ0v) is 4.44. The third-order valence-corrected chi connectivity index (χ3v) is 1.68. The normalized spacial score (nSPS) is 24.0. The number of nitrogens with one attached hydrogen (secondary N) is 1. The molecule has 2 nitrogen and oxygen atoms in total. The zero-order valence-electron chi connectivity index (χ0n) is 2.73. The van der Waals surface area contributed by atoms with Gasteiger partial charge in [-0.05, 0) is 0 Å². The molecule has 0 aromatic rings. The standard InChI is InChI=1S/C2H5NOSe/c1-2-5-4-3-1/h3H,1-2H2. The van der Waals surface area contributed by atoms with Gasteiger partial charge in [0.05, 0.1) is 0 Å². The first-order valence-electron chi connectivity index (χ1n) is 1.51. The van der Waals surface area contributed by atoms with Crippen molar-refractivity contribution in [3.05, 3.63) is 0 Å². The van der Waals surface area contributed by atoms with Gasteiger partial charge < -0.3 is 0 Å². The average molecular weight is 138 g/mol. The van der Waals surface area contributed by atoms with Crippen molar-refractivity contribution in [1.29, 1.82) is 0 Å². The van der Waals surface area contributed by atoms with E-state index in [2.05, 4.69) is 5.48 Å². The van der Waals surface area contributed by atoms with Gasteiger partial charge in [0, 0.05) is 0 Å². The summed E-state index contributed by atoms with van der Waals surface area (Å²) in [5, 5.41) is 1.23. The minimum absolute atomic E-state index is 0.458. The van der Waals surface area contributed by atoms with E-state index < -0.39 is 0 Å². The Labute approximate surface area is 37.3 Å². The first-order chi connectivity index (χ1) is 2.50. The van der Waals surface area contributed by atoms with Crippen LogP contribution in [0.15, 0.2) is 0 Å². The van der Waals surface area contributed by atoms with Crippen LogP contribution in [0, 0.1) is 0 Å². The third-order valence-electron chi connectivity index (χ3n) is 0.405. The van der Waals surface area contributed by atoms with Gasteiger partial charge in [-0.15, -0.1) is 0 Å². The molecule has 3 heteroatoms. The topological polar surface area (TPSA) is 21.3 Å². The third kappa shape index (κ3) is 0.893. The molecule has 0 saturated carbocycles. The Morgan fingerprint density at radius 2 is 2.80 bits per heavy atom. The Kier molecular flexibility index (Phi) is 1.29. The summed E-state index contributed by atoms with van der Waals surface area (Å²) in [6.45, 7) is 1.06. The Balaban J connectivity index is 2.08. The maximum absolute atomic E-state index is 4.76. The minimum atomic E-state index is 0.458. The SMILES string of the molecule is C1C[Se]ON1. The molecule has 30 valence electrons. The first kappa shape index (κ1) is 3.62. The molecule has 0 atom stereocenters. The summed E-state index contributed by atoms with van der Waals surface area (Å²) in [5.74, 6) is 0. The van der Waals surface area contributed by atoms with E-state index in [9.17, 15) is 0 Å². The van der Waals surface area contributed by atoms with Crippen LogP contribution < -0.4 is 5.48 Å². The van der Waals surface area contributed by atoms with Crippen molar-refractivity contribution in [2.24, 2.45) is 0 Å². The van der Waals surface area contributed by atoms with E-state index in [4.69, 9.17) is 3.92 Å². The predicted molar refractivity (Wildman–Crippen MR) is 19.6 cm³/mol. The van der Waals surface area contributed by atoms with Gasteiger partial charge in [0.2, 0.25) is 0 Å². The van der Waals surface area contributed by atoms with E-state index >= 15 is 0 Å². The molecule has 1 saturated heterocycles. The van der Waals surface area contributed by atoms with Crippen molar-refractivity contribution in [2.45, 2.75) is 5.32 Å². The average Bonchev–Trinajstić information content (AvgIpc) is 1.76. The summed E-state index contributed by atoms with van der Waals surface area (Å²) in [7, 11) is 0. The molecule has 0 aromatic heterocycles. The van der Waals surface area contributed by atoms with E-state index in [1.165, 1.54) is 5.32 Å². The van der Waals surface area contributed by atoms with Gasteiger partial charge in [0.25, 0.3) is 0 Å². The van der Waals surface area contributed by atoms with Crippen molar-refractivity contribution in [1.82, 2.24) is 5.48 Å². The molecule has 5 heavy (non-hydrogen) atoms. The molecule has 1 heterocycles. The van der Waals surface area contributed by atoms with Crippen molar-refractivity contribution >= 4 is 15.3 Å². The summed E-state index contributed by atoms with van der Waals surface area (Å²) in [6, 6.07) is 0. The Bertz CT molecular complexity index is 21.2. The number of rotatable bonds is 0. The zero-order chi connectivity index (χ0) is 3.54. The molecular weight excluding hydrogens is 133 g/mol. The summed E-state index contributed by atoms with van der Waals surface area (Å²) < 4.78 is 4.76. The van der Waals surface area contributed by atoms with Crippen molar-refractivity contribution in [3.8, 4) is 0 Å². The van der Waals surface area contributed by atoms with Crippen LogP contribution in [0.5, 0.6) is 0 Å². The summed E-state index contributed by atoms with van der Waals surface area (Å²) >= 11 is 0.458. The van der Waals surface area contributed by atoms with Crippen LogP contribution in [0.1, 0.15) is 0 Å². The fourth-order valence-electron chi connectivity index (χ4n) is 0.208. The molecule has 1 rings (SSSR count). The molecule has 0 radical (unpaired) electrons. The molecule has 1 aliphatic rings. The fraction of sp³-hybridized carbons (Fsp3) is 1.00. The van der Waals surface area contributed by atoms with Crippen LogP contribution in [0.3, 0.4) is 0 Å². The Morgan fingerprint density at radius 3 is 3.00 bits per heavy atom. The van der Waals surface area contributed by atoms with E-state index in [1.54, 1.807) is 0 Å². The van der Waals surface area contributed by atoms with E-state index in [0.29, 0.717) is 15.3 Å². The molecule has 1 N–H and O–H groups in total. The quantitative estimate of drug-likeness (QED) is 0.458. The first-order valence-corrected chi connectivity index (χ1v) is 3.42. The van der Waals surface area contributed by atoms with Gasteiger partial charge in [0.1, 0.15) is 0 Å². The van der Waals surface area contributed by atoms with Crippen LogP contribution in [0.25, 0.3) is 0 Å². The van der Waals surface area contributed by atoms with Gasteiger partial charge in [0.15, 0.2) is 0 Å². The van der Waals surface area contributed by atoms with Crippen LogP contribution in [-0.2, 0) is 3.92 Å². The second-order valence-corrected chi connectivity index (χ2v) is 2.50. The van der Waals surface area contributed by atoms with Gasteiger partial charge in [-0.1, -0.05) is 0 Å². The van der Waals surface area contributed by atoms with E-state index in [-0.39, 0.29) is 0 Å². The van der Waals surface area contributed by atoms with E-state index in [1.807, 2.05) is 0 Å². The molecule has 0 bridgehead atoms.